The number of nitrogens with zero attached hydrogens (tertiary/aromatic N) is 4. The van der Waals surface area contributed by atoms with Gasteiger partial charge in [-0.05, 0) is 78.6 Å². The van der Waals surface area contributed by atoms with E-state index in [0.717, 1.165) is 62.8 Å². The van der Waals surface area contributed by atoms with Crippen LogP contribution in [-0.2, 0) is 84.1 Å². The largest absolute Gasteiger partial charge is 0.472 e. The molecule has 2 heterocycles. The van der Waals surface area contributed by atoms with Crippen LogP contribution in [0.4, 0.5) is 5.82 Å². The number of nitrogens with one attached hydrogen (secondary N) is 1. The van der Waals surface area contributed by atoms with E-state index in [1.807, 2.05) is 34.6 Å². The highest BCUT2D eigenvalue weighted by Gasteiger charge is 2.26. The van der Waals surface area contributed by atoms with Crippen molar-refractivity contribution < 1.29 is 75.9 Å². The number of unbranched alkanes of at least 4 members (excludes halogenated alkanes) is 1. The molecule has 1 fully saturated rings. The molecule has 3 N–H and O–H groups in total. The lowest BCUT2D eigenvalue weighted by Gasteiger charge is -2.29. The standard InChI is InChI=1S/C52H94N6O16/c1-7-8-9-45-55-48-49(51(73-42(2)3)57-56-50(48)53)58(45)41-44-12-10-43(11-13-44)40-54-46(59)14-16-61-18-20-63-22-24-65-26-28-67-30-32-69-34-36-71-38-39-72-37-35-70-33-31-68-29-27-66-25-23-64-21-19-62-17-15-47(60)74-52(4,5)6/h42-44H,7-41H2,1-6H3,(H2,53,56)(H,54,59)/t43-,44-. The maximum Gasteiger partial charge on any atom is 0.308 e. The molecule has 0 atom stereocenters. The molecule has 0 radical (unpaired) electrons. The predicted molar refractivity (Wildman–Crippen MR) is 277 cm³/mol. The molecule has 22 nitrogen and oxygen atoms in total. The van der Waals surface area contributed by atoms with Gasteiger partial charge in [0.1, 0.15) is 22.5 Å². The summed E-state index contributed by atoms with van der Waals surface area (Å²) in [5, 5.41) is 11.5. The van der Waals surface area contributed by atoms with Gasteiger partial charge in [0.25, 0.3) is 5.88 Å². The second-order valence-corrected chi connectivity index (χ2v) is 19.1. The molecule has 428 valence electrons. The zero-order valence-corrected chi connectivity index (χ0v) is 45.9. The highest BCUT2D eigenvalue weighted by molar-refractivity contribution is 5.88. The molecule has 3 rings (SSSR count). The van der Waals surface area contributed by atoms with Crippen LogP contribution in [0, 0.1) is 11.8 Å². The first-order valence-corrected chi connectivity index (χ1v) is 27.1. The summed E-state index contributed by atoms with van der Waals surface area (Å²) < 4.78 is 79.7. The van der Waals surface area contributed by atoms with Gasteiger partial charge in [0, 0.05) is 25.9 Å². The molecule has 0 aliphatic heterocycles. The minimum absolute atomic E-state index is 0.0105. The molecule has 0 spiro atoms. The van der Waals surface area contributed by atoms with Gasteiger partial charge in [-0.15, -0.1) is 10.2 Å². The van der Waals surface area contributed by atoms with Crippen LogP contribution in [0.2, 0.25) is 0 Å². The monoisotopic (exact) mass is 1060 g/mol. The molecule has 1 amide bonds. The summed E-state index contributed by atoms with van der Waals surface area (Å²) in [4.78, 5) is 29.0. The molecule has 0 unspecified atom stereocenters. The van der Waals surface area contributed by atoms with Crippen molar-refractivity contribution in [1.29, 1.82) is 0 Å². The molecule has 2 aromatic rings. The number of nitrogen functional groups attached to an aromatic ring is 1. The topological polar surface area (TPSA) is 245 Å². The smallest absolute Gasteiger partial charge is 0.308 e. The Balaban J connectivity index is 0.983. The second kappa shape index (κ2) is 41.7. The Hall–Kier alpha value is -3.39. The van der Waals surface area contributed by atoms with E-state index in [1.54, 1.807) is 0 Å². The van der Waals surface area contributed by atoms with Gasteiger partial charge < -0.3 is 81.9 Å². The van der Waals surface area contributed by atoms with E-state index < -0.39 is 5.60 Å². The number of carbonyl (C=O) groups is 2. The van der Waals surface area contributed by atoms with E-state index in [0.29, 0.717) is 201 Å². The predicted octanol–water partition coefficient (Wildman–Crippen LogP) is 4.78. The van der Waals surface area contributed by atoms with Crippen LogP contribution in [0.3, 0.4) is 0 Å². The fraction of sp³-hybridized carbons (Fsp3) is 0.865. The Morgan fingerprint density at radius 2 is 0.986 bits per heavy atom. The average Bonchev–Trinajstić information content (AvgIpc) is 3.73. The van der Waals surface area contributed by atoms with Crippen LogP contribution in [0.15, 0.2) is 0 Å². The fourth-order valence-electron chi connectivity index (χ4n) is 7.57. The van der Waals surface area contributed by atoms with Gasteiger partial charge in [0.2, 0.25) is 5.91 Å². The molecule has 1 aliphatic carbocycles. The number of rotatable bonds is 48. The van der Waals surface area contributed by atoms with Crippen LogP contribution in [0.1, 0.15) is 98.7 Å². The first kappa shape index (κ1) is 64.9. The molecule has 0 saturated heterocycles. The van der Waals surface area contributed by atoms with Gasteiger partial charge in [0.05, 0.1) is 171 Å². The molecular weight excluding hydrogens is 965 g/mol. The lowest BCUT2D eigenvalue weighted by molar-refractivity contribution is -0.156. The van der Waals surface area contributed by atoms with Gasteiger partial charge in [-0.2, -0.15) is 0 Å². The number of anilines is 1. The quantitative estimate of drug-likeness (QED) is 0.0669. The zero-order chi connectivity index (χ0) is 53.3. The number of hydrogen-bond donors (Lipinski definition) is 2. The third-order valence-electron chi connectivity index (χ3n) is 11.3. The maximum atomic E-state index is 12.5. The van der Waals surface area contributed by atoms with Crippen molar-refractivity contribution in [3.63, 3.8) is 0 Å². The van der Waals surface area contributed by atoms with Gasteiger partial charge >= 0.3 is 5.97 Å². The molecule has 2 aromatic heterocycles. The molecule has 1 saturated carbocycles. The van der Waals surface area contributed by atoms with Crippen LogP contribution in [0.25, 0.3) is 11.0 Å². The summed E-state index contributed by atoms with van der Waals surface area (Å²) in [6.07, 6.45) is 7.77. The Kier molecular flexibility index (Phi) is 36.6. The summed E-state index contributed by atoms with van der Waals surface area (Å²) >= 11 is 0. The number of fused-ring (bicyclic) bond motifs is 1. The summed E-state index contributed by atoms with van der Waals surface area (Å²) in [6.45, 7) is 24.0. The van der Waals surface area contributed by atoms with Crippen molar-refractivity contribution in [3.8, 4) is 5.88 Å². The molecule has 74 heavy (non-hydrogen) atoms. The van der Waals surface area contributed by atoms with Crippen LogP contribution < -0.4 is 15.8 Å². The summed E-state index contributed by atoms with van der Waals surface area (Å²) in [5.74, 6) is 2.53. The number of aryl methyl sites for hydroxylation is 1. The SMILES string of the molecule is CCCCc1nc2c(N)nnc(OC(C)C)c2n1C[C@H]1CC[C@H](CNC(=O)CCOCCOCCOCCOCCOCCOCCOCCOCCOCCOCCOCCOCCC(=O)OC(C)(C)C)CC1. The molecule has 0 aromatic carbocycles. The van der Waals surface area contributed by atoms with Crippen molar-refractivity contribution in [3.05, 3.63) is 5.82 Å². The van der Waals surface area contributed by atoms with Crippen molar-refractivity contribution in [2.75, 3.05) is 171 Å². The molecule has 1 aliphatic rings. The van der Waals surface area contributed by atoms with Crippen molar-refractivity contribution >= 4 is 28.7 Å². The number of carbonyl (C=O) groups excluding carboxylic acids is 2. The first-order chi connectivity index (χ1) is 36.0. The lowest BCUT2D eigenvalue weighted by atomic mass is 9.82. The number of nitrogens with two attached hydrogens (primary N) is 1. The van der Waals surface area contributed by atoms with Crippen molar-refractivity contribution in [2.45, 2.75) is 118 Å². The van der Waals surface area contributed by atoms with E-state index in [1.165, 1.54) is 0 Å². The first-order valence-electron chi connectivity index (χ1n) is 27.1. The van der Waals surface area contributed by atoms with Gasteiger partial charge in [-0.3, -0.25) is 9.59 Å². The normalized spacial score (nSPS) is 15.1. The minimum atomic E-state index is -0.483. The Bertz CT molecular complexity index is 1710. The number of imidazole rings is 1. The Labute approximate surface area is 440 Å². The second-order valence-electron chi connectivity index (χ2n) is 19.1. The minimum Gasteiger partial charge on any atom is -0.472 e. The van der Waals surface area contributed by atoms with E-state index in [9.17, 15) is 9.59 Å². The van der Waals surface area contributed by atoms with Crippen LogP contribution >= 0.6 is 0 Å². The molecular formula is C52H94N6O16. The van der Waals surface area contributed by atoms with Crippen LogP contribution in [0.5, 0.6) is 5.88 Å². The summed E-state index contributed by atoms with van der Waals surface area (Å²) in [7, 11) is 0. The zero-order valence-electron chi connectivity index (χ0n) is 45.9. The number of aromatic nitrogens is 4. The van der Waals surface area contributed by atoms with Crippen molar-refractivity contribution in [1.82, 2.24) is 25.1 Å². The van der Waals surface area contributed by atoms with Crippen LogP contribution in [-0.4, -0.2) is 208 Å². The third-order valence-corrected chi connectivity index (χ3v) is 11.3. The third kappa shape index (κ3) is 32.3. The average molecular weight is 1060 g/mol. The van der Waals surface area contributed by atoms with E-state index in [4.69, 9.17) is 77.0 Å². The Morgan fingerprint density at radius 3 is 1.38 bits per heavy atom. The number of ether oxygens (including phenoxy) is 14. The summed E-state index contributed by atoms with van der Waals surface area (Å²) in [6, 6.07) is 0. The van der Waals surface area contributed by atoms with Crippen molar-refractivity contribution in [2.24, 2.45) is 11.8 Å². The maximum absolute atomic E-state index is 12.5. The molecule has 22 heteroatoms. The van der Waals surface area contributed by atoms with Gasteiger partial charge in [-0.25, -0.2) is 4.98 Å². The Morgan fingerprint density at radius 1 is 0.595 bits per heavy atom. The number of hydrogen-bond acceptors (Lipinski definition) is 20. The summed E-state index contributed by atoms with van der Waals surface area (Å²) in [5.41, 5.74) is 7.27. The fourth-order valence-corrected chi connectivity index (χ4v) is 7.57. The van der Waals surface area contributed by atoms with E-state index in [2.05, 4.69) is 27.0 Å². The lowest BCUT2D eigenvalue weighted by Crippen LogP contribution is -2.32. The highest BCUT2D eigenvalue weighted by Crippen LogP contribution is 2.34. The highest BCUT2D eigenvalue weighted by atomic mass is 16.6. The van der Waals surface area contributed by atoms with Gasteiger partial charge in [-0.1, -0.05) is 13.3 Å². The van der Waals surface area contributed by atoms with Gasteiger partial charge in [0.15, 0.2) is 5.82 Å². The van der Waals surface area contributed by atoms with E-state index in [-0.39, 0.29) is 24.4 Å². The molecule has 0 bridgehead atoms. The number of amides is 1. The van der Waals surface area contributed by atoms with E-state index >= 15 is 0 Å². The number of esters is 1.